The maximum absolute atomic E-state index is 12.4. The molecular formula is C22H20N6O. The van der Waals surface area contributed by atoms with Crippen molar-refractivity contribution in [2.75, 3.05) is 5.32 Å². The minimum atomic E-state index is -0.0470. The first-order valence-electron chi connectivity index (χ1n) is 9.67. The minimum absolute atomic E-state index is 0.0470. The molecule has 0 bridgehead atoms. The van der Waals surface area contributed by atoms with E-state index < -0.39 is 0 Å². The van der Waals surface area contributed by atoms with Crippen molar-refractivity contribution < 1.29 is 4.79 Å². The Balaban J connectivity index is 1.22. The molecular weight excluding hydrogens is 364 g/mol. The summed E-state index contributed by atoms with van der Waals surface area (Å²) >= 11 is 0. The van der Waals surface area contributed by atoms with E-state index in [-0.39, 0.29) is 5.91 Å². The summed E-state index contributed by atoms with van der Waals surface area (Å²) in [6.07, 6.45) is 6.56. The number of aromatic nitrogens is 5. The predicted octanol–water partition coefficient (Wildman–Crippen LogP) is 3.65. The molecule has 1 fully saturated rings. The summed E-state index contributed by atoms with van der Waals surface area (Å²) in [5, 5.41) is 15.0. The molecule has 2 aromatic heterocycles. The fourth-order valence-corrected chi connectivity index (χ4v) is 3.33. The number of hydrogen-bond donors (Lipinski definition) is 1. The Morgan fingerprint density at radius 3 is 2.41 bits per heavy atom. The van der Waals surface area contributed by atoms with Crippen molar-refractivity contribution in [3.05, 3.63) is 78.6 Å². The topological polar surface area (TPSA) is 77.6 Å². The number of nitrogens with one attached hydrogen (secondary N) is 1. The first-order valence-corrected chi connectivity index (χ1v) is 9.67. The lowest BCUT2D eigenvalue weighted by atomic mass is 10.1. The number of carbonyl (C=O) groups excluding carboxylic acids is 1. The molecule has 1 aliphatic rings. The fraction of sp³-hybridized carbons (Fsp3) is 0.182. The molecule has 1 saturated carbocycles. The molecule has 4 aromatic rings. The summed E-state index contributed by atoms with van der Waals surface area (Å²) in [6, 6.07) is 20.0. The Labute approximate surface area is 168 Å². The van der Waals surface area contributed by atoms with E-state index in [9.17, 15) is 4.79 Å². The zero-order valence-corrected chi connectivity index (χ0v) is 15.8. The van der Waals surface area contributed by atoms with Gasteiger partial charge in [-0.2, -0.15) is 0 Å². The average Bonchev–Trinajstić information content (AvgIpc) is 3.23. The van der Waals surface area contributed by atoms with Gasteiger partial charge in [0.1, 0.15) is 0 Å². The normalized spacial score (nSPS) is 13.4. The van der Waals surface area contributed by atoms with E-state index in [4.69, 9.17) is 0 Å². The Kier molecular flexibility index (Phi) is 4.40. The second-order valence-electron chi connectivity index (χ2n) is 7.24. The molecule has 0 spiro atoms. The molecule has 29 heavy (non-hydrogen) atoms. The van der Waals surface area contributed by atoms with Crippen molar-refractivity contribution in [2.24, 2.45) is 0 Å². The summed E-state index contributed by atoms with van der Waals surface area (Å²) in [7, 11) is 0. The largest absolute Gasteiger partial charge is 0.326 e. The van der Waals surface area contributed by atoms with E-state index in [1.807, 2.05) is 82.3 Å². The molecule has 0 saturated heterocycles. The Hall–Kier alpha value is -3.74. The number of benzene rings is 2. The molecule has 0 unspecified atom stereocenters. The molecule has 144 valence electrons. The van der Waals surface area contributed by atoms with E-state index in [2.05, 4.69) is 20.8 Å². The van der Waals surface area contributed by atoms with Gasteiger partial charge in [-0.3, -0.25) is 4.79 Å². The van der Waals surface area contributed by atoms with Gasteiger partial charge in [-0.15, -0.1) is 5.10 Å². The molecule has 2 aromatic carbocycles. The highest BCUT2D eigenvalue weighted by molar-refractivity contribution is 5.92. The van der Waals surface area contributed by atoms with Crippen molar-refractivity contribution in [2.45, 2.75) is 25.3 Å². The van der Waals surface area contributed by atoms with Crippen molar-refractivity contribution in [1.29, 1.82) is 0 Å². The zero-order valence-electron chi connectivity index (χ0n) is 15.8. The van der Waals surface area contributed by atoms with Gasteiger partial charge in [-0.1, -0.05) is 12.1 Å². The highest BCUT2D eigenvalue weighted by atomic mass is 16.1. The van der Waals surface area contributed by atoms with Gasteiger partial charge in [-0.25, -0.2) is 4.68 Å². The zero-order chi connectivity index (χ0) is 19.6. The van der Waals surface area contributed by atoms with Crippen molar-refractivity contribution >= 4 is 11.6 Å². The van der Waals surface area contributed by atoms with Crippen LogP contribution in [0.2, 0.25) is 0 Å². The highest BCUT2D eigenvalue weighted by Gasteiger charge is 2.28. The van der Waals surface area contributed by atoms with Gasteiger partial charge in [0.05, 0.1) is 12.5 Å². The Morgan fingerprint density at radius 1 is 1.00 bits per heavy atom. The second-order valence-corrected chi connectivity index (χ2v) is 7.24. The molecule has 2 heterocycles. The number of carbonyl (C=O) groups is 1. The SMILES string of the molecule is O=C(Cc1ccc(-n2cccc2)cc1)Nc1ccc(-c2nnnn2C2CC2)cc1. The first kappa shape index (κ1) is 17.4. The van der Waals surface area contributed by atoms with Crippen molar-refractivity contribution in [3.63, 3.8) is 0 Å². The molecule has 1 amide bonds. The molecule has 5 rings (SSSR count). The monoisotopic (exact) mass is 384 g/mol. The Morgan fingerprint density at radius 2 is 1.72 bits per heavy atom. The summed E-state index contributed by atoms with van der Waals surface area (Å²) < 4.78 is 3.91. The summed E-state index contributed by atoms with van der Waals surface area (Å²) in [4.78, 5) is 12.4. The van der Waals surface area contributed by atoms with Crippen LogP contribution in [0.25, 0.3) is 17.1 Å². The van der Waals surface area contributed by atoms with Crippen LogP contribution in [0.15, 0.2) is 73.1 Å². The maximum Gasteiger partial charge on any atom is 0.228 e. The van der Waals surface area contributed by atoms with Gasteiger partial charge in [-0.05, 0) is 77.4 Å². The molecule has 1 aliphatic carbocycles. The lowest BCUT2D eigenvalue weighted by molar-refractivity contribution is -0.115. The third kappa shape index (κ3) is 3.80. The second kappa shape index (κ2) is 7.35. The predicted molar refractivity (Wildman–Crippen MR) is 110 cm³/mol. The molecule has 1 N–H and O–H groups in total. The summed E-state index contributed by atoms with van der Waals surface area (Å²) in [5.41, 5.74) is 3.75. The van der Waals surface area contributed by atoms with Gasteiger partial charge in [0.15, 0.2) is 5.82 Å². The van der Waals surface area contributed by atoms with Gasteiger partial charge in [0.25, 0.3) is 0 Å². The van der Waals surface area contributed by atoms with E-state index in [0.29, 0.717) is 12.5 Å². The molecule has 7 nitrogen and oxygen atoms in total. The third-order valence-corrected chi connectivity index (χ3v) is 5.02. The summed E-state index contributed by atoms with van der Waals surface area (Å²) in [5.74, 6) is 0.724. The van der Waals surface area contributed by atoms with Gasteiger partial charge in [0.2, 0.25) is 5.91 Å². The lowest BCUT2D eigenvalue weighted by Crippen LogP contribution is -2.14. The van der Waals surface area contributed by atoms with E-state index in [1.165, 1.54) is 0 Å². The smallest absolute Gasteiger partial charge is 0.228 e. The van der Waals surface area contributed by atoms with Crippen LogP contribution in [0.3, 0.4) is 0 Å². The lowest BCUT2D eigenvalue weighted by Gasteiger charge is -2.08. The molecule has 0 atom stereocenters. The van der Waals surface area contributed by atoms with E-state index in [0.717, 1.165) is 41.2 Å². The van der Waals surface area contributed by atoms with Crippen LogP contribution < -0.4 is 5.32 Å². The number of anilines is 1. The molecule has 7 heteroatoms. The van der Waals surface area contributed by atoms with Crippen LogP contribution in [0.5, 0.6) is 0 Å². The Bertz CT molecular complexity index is 1110. The number of rotatable bonds is 6. The van der Waals surface area contributed by atoms with Gasteiger partial charge < -0.3 is 9.88 Å². The quantitative estimate of drug-likeness (QED) is 0.550. The van der Waals surface area contributed by atoms with E-state index >= 15 is 0 Å². The van der Waals surface area contributed by atoms with Crippen LogP contribution in [-0.2, 0) is 11.2 Å². The minimum Gasteiger partial charge on any atom is -0.326 e. The number of amides is 1. The van der Waals surface area contributed by atoms with Crippen molar-refractivity contribution in [3.8, 4) is 17.1 Å². The van der Waals surface area contributed by atoms with Crippen LogP contribution >= 0.6 is 0 Å². The van der Waals surface area contributed by atoms with Gasteiger partial charge >= 0.3 is 0 Å². The van der Waals surface area contributed by atoms with Crippen LogP contribution in [0, 0.1) is 0 Å². The molecule has 0 radical (unpaired) electrons. The number of hydrogen-bond acceptors (Lipinski definition) is 4. The maximum atomic E-state index is 12.4. The van der Waals surface area contributed by atoms with Crippen molar-refractivity contribution in [1.82, 2.24) is 24.8 Å². The number of tetrazole rings is 1. The van der Waals surface area contributed by atoms with Crippen LogP contribution in [0.1, 0.15) is 24.4 Å². The highest BCUT2D eigenvalue weighted by Crippen LogP contribution is 2.36. The molecule has 0 aliphatic heterocycles. The average molecular weight is 384 g/mol. The fourth-order valence-electron chi connectivity index (χ4n) is 3.33. The third-order valence-electron chi connectivity index (χ3n) is 5.02. The van der Waals surface area contributed by atoms with Gasteiger partial charge in [0, 0.05) is 29.3 Å². The van der Waals surface area contributed by atoms with Crippen LogP contribution in [-0.4, -0.2) is 30.7 Å². The van der Waals surface area contributed by atoms with Crippen LogP contribution in [0.4, 0.5) is 5.69 Å². The standard InChI is InChI=1S/C22H20N6O/c29-21(15-16-3-9-19(10-4-16)27-13-1-2-14-27)23-18-7-5-17(6-8-18)22-24-25-26-28(22)20-11-12-20/h1-10,13-14,20H,11-12,15H2,(H,23,29). The van der Waals surface area contributed by atoms with E-state index in [1.54, 1.807) is 0 Å². The number of nitrogens with zero attached hydrogens (tertiary/aromatic N) is 5. The first-order chi connectivity index (χ1) is 14.3. The summed E-state index contributed by atoms with van der Waals surface area (Å²) in [6.45, 7) is 0.